The summed E-state index contributed by atoms with van der Waals surface area (Å²) in [4.78, 5) is 14.9. The van der Waals surface area contributed by atoms with Crippen LogP contribution in [0.25, 0.3) is 0 Å². The van der Waals surface area contributed by atoms with E-state index >= 15 is 0 Å². The van der Waals surface area contributed by atoms with E-state index in [1.807, 2.05) is 6.92 Å². The summed E-state index contributed by atoms with van der Waals surface area (Å²) in [5, 5.41) is -0.0220. The number of rotatable bonds is 2. The Morgan fingerprint density at radius 3 is 2.55 bits per heavy atom. The number of hydrogen-bond acceptors (Lipinski definition) is 2. The first-order valence-electron chi connectivity index (χ1n) is 3.93. The molecule has 1 aliphatic heterocycles. The fourth-order valence-corrected chi connectivity index (χ4v) is 2.23. The van der Waals surface area contributed by atoms with E-state index in [1.165, 1.54) is 11.8 Å². The largest absolute Gasteiger partial charge is 0.305 e. The Labute approximate surface area is 71.5 Å². The molecule has 0 spiro atoms. The molecule has 11 heavy (non-hydrogen) atoms. The molecule has 1 heterocycles. The second-order valence-corrected chi connectivity index (χ2v) is 4.32. The number of nitrogens with zero attached hydrogens (tertiary/aromatic N) is 1. The lowest BCUT2D eigenvalue weighted by Crippen LogP contribution is -2.26. The van der Waals surface area contributed by atoms with E-state index in [4.69, 9.17) is 0 Å². The van der Waals surface area contributed by atoms with Crippen LogP contribution in [0.2, 0.25) is 0 Å². The molecule has 1 rings (SSSR count). The number of aliphatic imine (C=N–C) groups is 1. The summed E-state index contributed by atoms with van der Waals surface area (Å²) < 4.78 is -0.00810. The minimum Gasteiger partial charge on any atom is -0.259 e. The quantitative estimate of drug-likeness (QED) is 0.639. The Morgan fingerprint density at radius 1 is 1.55 bits per heavy atom. The average Bonchev–Trinajstić information content (AvgIpc) is 2.27. The van der Waals surface area contributed by atoms with Gasteiger partial charge in [-0.15, -0.1) is 0 Å². The van der Waals surface area contributed by atoms with Crippen molar-refractivity contribution in [3.8, 4) is 0 Å². The molecule has 1 unspecified atom stereocenters. The number of carbonyl (C=O) groups excluding carboxylic acids is 1. The zero-order valence-corrected chi connectivity index (χ0v) is 7.99. The lowest BCUT2D eigenvalue weighted by atomic mass is 10.00. The molecular formula is C8H13NOS. The van der Waals surface area contributed by atoms with Crippen LogP contribution in [-0.4, -0.2) is 15.7 Å². The second kappa shape index (κ2) is 2.97. The predicted molar refractivity (Wildman–Crippen MR) is 49.4 cm³/mol. The molecule has 0 aromatic carbocycles. The lowest BCUT2D eigenvalue weighted by molar-refractivity contribution is 0.268. The summed E-state index contributed by atoms with van der Waals surface area (Å²) in [6, 6.07) is 0. The van der Waals surface area contributed by atoms with Crippen molar-refractivity contribution in [1.82, 2.24) is 0 Å². The van der Waals surface area contributed by atoms with E-state index < -0.39 is 0 Å². The summed E-state index contributed by atoms with van der Waals surface area (Å²) in [5.74, 6) is 0. The van der Waals surface area contributed by atoms with E-state index in [9.17, 15) is 4.79 Å². The Balaban J connectivity index is 2.86. The normalized spacial score (nSPS) is 30.8. The molecule has 3 heteroatoms. The van der Waals surface area contributed by atoms with Gasteiger partial charge in [-0.25, -0.2) is 4.99 Å². The van der Waals surface area contributed by atoms with E-state index in [0.717, 1.165) is 18.6 Å². The van der Waals surface area contributed by atoms with Gasteiger partial charge in [0, 0.05) is 5.71 Å². The Bertz CT molecular complexity index is 212. The Hall–Kier alpha value is -0.310. The van der Waals surface area contributed by atoms with E-state index in [-0.39, 0.29) is 9.99 Å². The van der Waals surface area contributed by atoms with Gasteiger partial charge in [0.25, 0.3) is 0 Å². The van der Waals surface area contributed by atoms with Crippen LogP contribution in [0.15, 0.2) is 4.99 Å². The zero-order chi connectivity index (χ0) is 8.48. The van der Waals surface area contributed by atoms with Gasteiger partial charge in [-0.1, -0.05) is 25.6 Å². The smallest absolute Gasteiger partial charge is 0.259 e. The molecule has 62 valence electrons. The molecule has 1 aliphatic rings. The highest BCUT2D eigenvalue weighted by Gasteiger charge is 2.36. The third kappa shape index (κ3) is 1.48. The average molecular weight is 171 g/mol. The van der Waals surface area contributed by atoms with Gasteiger partial charge in [0.1, 0.15) is 0 Å². The number of carbonyl (C=O) groups is 1. The van der Waals surface area contributed by atoms with Gasteiger partial charge < -0.3 is 0 Å². The van der Waals surface area contributed by atoms with Crippen LogP contribution in [-0.2, 0) is 0 Å². The summed E-state index contributed by atoms with van der Waals surface area (Å²) in [6.07, 6.45) is 1.87. The van der Waals surface area contributed by atoms with Crippen LogP contribution in [0.1, 0.15) is 33.6 Å². The van der Waals surface area contributed by atoms with Crippen molar-refractivity contribution in [1.29, 1.82) is 0 Å². The van der Waals surface area contributed by atoms with Crippen molar-refractivity contribution in [3.05, 3.63) is 0 Å². The topological polar surface area (TPSA) is 29.4 Å². The molecule has 0 bridgehead atoms. The molecule has 0 aromatic heterocycles. The predicted octanol–water partition coefficient (Wildman–Crippen LogP) is 2.87. The summed E-state index contributed by atoms with van der Waals surface area (Å²) in [6.45, 7) is 6.23. The van der Waals surface area contributed by atoms with Crippen LogP contribution in [0.3, 0.4) is 0 Å². The number of amides is 1. The minimum absolute atomic E-state index is 0.00810. The van der Waals surface area contributed by atoms with E-state index in [0.29, 0.717) is 0 Å². The van der Waals surface area contributed by atoms with Crippen molar-refractivity contribution in [2.24, 2.45) is 4.99 Å². The zero-order valence-electron chi connectivity index (χ0n) is 7.18. The number of hydrogen-bond donors (Lipinski definition) is 0. The molecule has 0 radical (unpaired) electrons. The molecule has 0 fully saturated rings. The standard InChI is InChI=1S/C8H13NOS/c1-4-6-8(3,5-2)11-7(10)9-6/h4-5H2,1-3H3. The first kappa shape index (κ1) is 8.78. The van der Waals surface area contributed by atoms with Gasteiger partial charge in [0.2, 0.25) is 0 Å². The highest BCUT2D eigenvalue weighted by molar-refractivity contribution is 8.15. The summed E-state index contributed by atoms with van der Waals surface area (Å²) in [7, 11) is 0. The third-order valence-corrected chi connectivity index (χ3v) is 3.40. The highest BCUT2D eigenvalue weighted by Crippen LogP contribution is 2.38. The van der Waals surface area contributed by atoms with Crippen LogP contribution in [0.5, 0.6) is 0 Å². The van der Waals surface area contributed by atoms with Crippen molar-refractivity contribution in [2.75, 3.05) is 0 Å². The Morgan fingerprint density at radius 2 is 2.18 bits per heavy atom. The SMILES string of the molecule is CCC1=NC(=O)SC1(C)CC. The molecule has 1 atom stereocenters. The highest BCUT2D eigenvalue weighted by atomic mass is 32.2. The van der Waals surface area contributed by atoms with Crippen molar-refractivity contribution in [2.45, 2.75) is 38.4 Å². The molecule has 1 amide bonds. The molecule has 0 N–H and O–H groups in total. The van der Waals surface area contributed by atoms with Gasteiger partial charge in [0.05, 0.1) is 4.75 Å². The molecular weight excluding hydrogens is 158 g/mol. The Kier molecular flexibility index (Phi) is 2.37. The van der Waals surface area contributed by atoms with E-state index in [1.54, 1.807) is 0 Å². The van der Waals surface area contributed by atoms with Gasteiger partial charge in [-0.05, 0) is 19.8 Å². The maximum absolute atomic E-state index is 11.0. The first-order valence-corrected chi connectivity index (χ1v) is 4.75. The van der Waals surface area contributed by atoms with Crippen LogP contribution < -0.4 is 0 Å². The van der Waals surface area contributed by atoms with Crippen LogP contribution >= 0.6 is 11.8 Å². The second-order valence-electron chi connectivity index (χ2n) is 2.86. The molecule has 0 saturated heterocycles. The maximum atomic E-state index is 11.0. The fraction of sp³-hybridized carbons (Fsp3) is 0.750. The number of thioether (sulfide) groups is 1. The maximum Gasteiger partial charge on any atom is 0.305 e. The van der Waals surface area contributed by atoms with Gasteiger partial charge >= 0.3 is 5.24 Å². The molecule has 0 saturated carbocycles. The minimum atomic E-state index is -0.0220. The van der Waals surface area contributed by atoms with Crippen molar-refractivity contribution >= 4 is 22.7 Å². The van der Waals surface area contributed by atoms with E-state index in [2.05, 4.69) is 18.8 Å². The first-order chi connectivity index (χ1) is 5.12. The van der Waals surface area contributed by atoms with Gasteiger partial charge in [-0.2, -0.15) is 0 Å². The summed E-state index contributed by atoms with van der Waals surface area (Å²) >= 11 is 1.36. The molecule has 2 nitrogen and oxygen atoms in total. The van der Waals surface area contributed by atoms with Gasteiger partial charge in [-0.3, -0.25) is 4.79 Å². The molecule has 0 aliphatic carbocycles. The summed E-state index contributed by atoms with van der Waals surface area (Å²) in [5.41, 5.74) is 1.05. The van der Waals surface area contributed by atoms with Crippen molar-refractivity contribution in [3.63, 3.8) is 0 Å². The molecule has 0 aromatic rings. The van der Waals surface area contributed by atoms with Crippen LogP contribution in [0.4, 0.5) is 4.79 Å². The monoisotopic (exact) mass is 171 g/mol. The fourth-order valence-electron chi connectivity index (χ4n) is 1.23. The van der Waals surface area contributed by atoms with Crippen molar-refractivity contribution < 1.29 is 4.79 Å². The lowest BCUT2D eigenvalue weighted by Gasteiger charge is -2.20. The van der Waals surface area contributed by atoms with Gasteiger partial charge in [0.15, 0.2) is 0 Å². The van der Waals surface area contributed by atoms with Crippen LogP contribution in [0, 0.1) is 0 Å². The third-order valence-electron chi connectivity index (χ3n) is 2.16.